The van der Waals surface area contributed by atoms with Crippen molar-refractivity contribution in [1.82, 2.24) is 0 Å². The molecule has 0 aliphatic rings. The molecule has 0 saturated heterocycles. The van der Waals surface area contributed by atoms with Crippen molar-refractivity contribution in [3.8, 4) is 0 Å². The zero-order chi connectivity index (χ0) is 10.1. The van der Waals surface area contributed by atoms with E-state index in [4.69, 9.17) is 28.9 Å². The van der Waals surface area contributed by atoms with Crippen LogP contribution in [0.5, 0.6) is 0 Å². The van der Waals surface area contributed by atoms with Crippen LogP contribution in [0.2, 0.25) is 10.0 Å². The van der Waals surface area contributed by atoms with E-state index < -0.39 is 5.54 Å². The van der Waals surface area contributed by atoms with E-state index in [2.05, 4.69) is 6.58 Å². The van der Waals surface area contributed by atoms with Crippen molar-refractivity contribution in [2.75, 3.05) is 0 Å². The lowest BCUT2D eigenvalue weighted by Crippen LogP contribution is -2.30. The van der Waals surface area contributed by atoms with Gasteiger partial charge in [-0.05, 0) is 24.6 Å². The molecule has 1 rings (SSSR count). The fourth-order valence-corrected chi connectivity index (χ4v) is 1.65. The number of nitrogens with two attached hydrogens (primary N) is 1. The normalized spacial score (nSPS) is 15.1. The van der Waals surface area contributed by atoms with Crippen LogP contribution in [0.3, 0.4) is 0 Å². The van der Waals surface area contributed by atoms with Crippen LogP contribution in [0, 0.1) is 0 Å². The van der Waals surface area contributed by atoms with Gasteiger partial charge in [-0.15, -0.1) is 6.58 Å². The number of halogens is 2. The monoisotopic (exact) mass is 215 g/mol. The van der Waals surface area contributed by atoms with Crippen LogP contribution in [0.1, 0.15) is 12.5 Å². The summed E-state index contributed by atoms with van der Waals surface area (Å²) < 4.78 is 0. The topological polar surface area (TPSA) is 26.0 Å². The van der Waals surface area contributed by atoms with Crippen molar-refractivity contribution >= 4 is 23.2 Å². The van der Waals surface area contributed by atoms with Crippen LogP contribution < -0.4 is 5.73 Å². The summed E-state index contributed by atoms with van der Waals surface area (Å²) in [6.45, 7) is 5.50. The van der Waals surface area contributed by atoms with E-state index in [0.717, 1.165) is 5.56 Å². The Bertz CT molecular complexity index is 332. The summed E-state index contributed by atoms with van der Waals surface area (Å²) in [6.07, 6.45) is 1.65. The van der Waals surface area contributed by atoms with Crippen molar-refractivity contribution < 1.29 is 0 Å². The van der Waals surface area contributed by atoms with Gasteiger partial charge in [0.15, 0.2) is 0 Å². The molecule has 70 valence electrons. The second kappa shape index (κ2) is 3.70. The van der Waals surface area contributed by atoms with Gasteiger partial charge in [-0.1, -0.05) is 35.3 Å². The second-order valence-electron chi connectivity index (χ2n) is 3.11. The molecule has 0 heterocycles. The van der Waals surface area contributed by atoms with Crippen molar-refractivity contribution in [3.63, 3.8) is 0 Å². The quantitative estimate of drug-likeness (QED) is 0.753. The molecule has 0 radical (unpaired) electrons. The minimum atomic E-state index is -0.609. The first kappa shape index (κ1) is 10.6. The van der Waals surface area contributed by atoms with Gasteiger partial charge >= 0.3 is 0 Å². The van der Waals surface area contributed by atoms with Crippen molar-refractivity contribution in [3.05, 3.63) is 46.5 Å². The molecule has 0 fully saturated rings. The van der Waals surface area contributed by atoms with Crippen LogP contribution in [0.25, 0.3) is 0 Å². The molecule has 0 saturated carbocycles. The third-order valence-corrected chi connectivity index (χ3v) is 2.48. The third-order valence-electron chi connectivity index (χ3n) is 1.94. The highest BCUT2D eigenvalue weighted by atomic mass is 35.5. The Morgan fingerprint density at radius 2 is 2.08 bits per heavy atom. The lowest BCUT2D eigenvalue weighted by molar-refractivity contribution is 0.632. The van der Waals surface area contributed by atoms with E-state index >= 15 is 0 Å². The van der Waals surface area contributed by atoms with Crippen LogP contribution >= 0.6 is 23.2 Å². The zero-order valence-corrected chi connectivity index (χ0v) is 8.86. The SMILES string of the molecule is C=C[C@](C)(N)c1ccc(Cl)cc1Cl. The smallest absolute Gasteiger partial charge is 0.0578 e. The summed E-state index contributed by atoms with van der Waals surface area (Å²) in [5, 5.41) is 1.17. The minimum absolute atomic E-state index is 0.567. The molecule has 1 nitrogen and oxygen atoms in total. The molecular formula is C10H11Cl2N. The average molecular weight is 216 g/mol. The van der Waals surface area contributed by atoms with E-state index in [0.29, 0.717) is 10.0 Å². The Labute approximate surface area is 88.1 Å². The molecule has 0 amide bonds. The first-order valence-corrected chi connectivity index (χ1v) is 4.61. The molecule has 0 aromatic heterocycles. The minimum Gasteiger partial charge on any atom is -0.318 e. The van der Waals surface area contributed by atoms with Crippen molar-refractivity contribution in [2.24, 2.45) is 5.73 Å². The molecule has 0 bridgehead atoms. The van der Waals surface area contributed by atoms with Gasteiger partial charge in [-0.2, -0.15) is 0 Å². The highest BCUT2D eigenvalue weighted by Crippen LogP contribution is 2.29. The van der Waals surface area contributed by atoms with Gasteiger partial charge < -0.3 is 5.73 Å². The Morgan fingerprint density at radius 1 is 1.46 bits per heavy atom. The fraction of sp³-hybridized carbons (Fsp3) is 0.200. The molecule has 1 aromatic carbocycles. The first-order valence-electron chi connectivity index (χ1n) is 3.85. The maximum Gasteiger partial charge on any atom is 0.0578 e. The van der Waals surface area contributed by atoms with E-state index in [1.54, 1.807) is 18.2 Å². The van der Waals surface area contributed by atoms with Crippen LogP contribution in [-0.2, 0) is 5.54 Å². The van der Waals surface area contributed by atoms with Gasteiger partial charge in [-0.25, -0.2) is 0 Å². The van der Waals surface area contributed by atoms with Gasteiger partial charge in [0.2, 0.25) is 0 Å². The predicted octanol–water partition coefficient (Wildman–Crippen LogP) is 3.35. The van der Waals surface area contributed by atoms with E-state index in [1.807, 2.05) is 13.0 Å². The molecule has 3 heteroatoms. The maximum absolute atomic E-state index is 5.98. The van der Waals surface area contributed by atoms with Crippen LogP contribution in [-0.4, -0.2) is 0 Å². The Balaban J connectivity index is 3.23. The standard InChI is InChI=1S/C10H11Cl2N/c1-3-10(2,13)8-5-4-7(11)6-9(8)12/h3-6H,1,13H2,2H3/t10-/m0/s1. The molecule has 0 spiro atoms. The van der Waals surface area contributed by atoms with E-state index in [-0.39, 0.29) is 0 Å². The average Bonchev–Trinajstić information content (AvgIpc) is 2.03. The predicted molar refractivity (Wildman–Crippen MR) is 58.2 cm³/mol. The van der Waals surface area contributed by atoms with Gasteiger partial charge in [0.25, 0.3) is 0 Å². The van der Waals surface area contributed by atoms with Gasteiger partial charge in [0.1, 0.15) is 0 Å². The van der Waals surface area contributed by atoms with Crippen LogP contribution in [0.4, 0.5) is 0 Å². The van der Waals surface area contributed by atoms with Gasteiger partial charge in [-0.3, -0.25) is 0 Å². The van der Waals surface area contributed by atoms with E-state index in [1.165, 1.54) is 0 Å². The summed E-state index contributed by atoms with van der Waals surface area (Å²) >= 11 is 11.7. The molecule has 1 atom stereocenters. The van der Waals surface area contributed by atoms with Crippen LogP contribution in [0.15, 0.2) is 30.9 Å². The van der Waals surface area contributed by atoms with Crippen molar-refractivity contribution in [1.29, 1.82) is 0 Å². The number of benzene rings is 1. The Morgan fingerprint density at radius 3 is 2.54 bits per heavy atom. The van der Waals surface area contributed by atoms with Gasteiger partial charge in [0, 0.05) is 10.0 Å². The fourth-order valence-electron chi connectivity index (χ4n) is 1.04. The number of rotatable bonds is 2. The van der Waals surface area contributed by atoms with Gasteiger partial charge in [0.05, 0.1) is 5.54 Å². The zero-order valence-electron chi connectivity index (χ0n) is 7.35. The third kappa shape index (κ3) is 2.25. The summed E-state index contributed by atoms with van der Waals surface area (Å²) in [5.41, 5.74) is 6.16. The molecular weight excluding hydrogens is 205 g/mol. The molecule has 2 N–H and O–H groups in total. The second-order valence-corrected chi connectivity index (χ2v) is 3.95. The lowest BCUT2D eigenvalue weighted by Gasteiger charge is -2.21. The summed E-state index contributed by atoms with van der Waals surface area (Å²) in [4.78, 5) is 0. The molecule has 0 aliphatic carbocycles. The highest BCUT2D eigenvalue weighted by Gasteiger charge is 2.19. The van der Waals surface area contributed by atoms with Crippen molar-refractivity contribution in [2.45, 2.75) is 12.5 Å². The number of hydrogen-bond acceptors (Lipinski definition) is 1. The lowest BCUT2D eigenvalue weighted by atomic mass is 9.93. The van der Waals surface area contributed by atoms with E-state index in [9.17, 15) is 0 Å². The molecule has 0 unspecified atom stereocenters. The largest absolute Gasteiger partial charge is 0.318 e. The Hall–Kier alpha value is -0.500. The number of hydrogen-bond donors (Lipinski definition) is 1. The molecule has 1 aromatic rings. The summed E-state index contributed by atoms with van der Waals surface area (Å²) in [6, 6.07) is 5.25. The first-order chi connectivity index (χ1) is 5.97. The summed E-state index contributed by atoms with van der Waals surface area (Å²) in [5.74, 6) is 0. The molecule has 13 heavy (non-hydrogen) atoms. The summed E-state index contributed by atoms with van der Waals surface area (Å²) in [7, 11) is 0. The molecule has 0 aliphatic heterocycles. The maximum atomic E-state index is 5.98. The highest BCUT2D eigenvalue weighted by molar-refractivity contribution is 6.35. The Kier molecular flexibility index (Phi) is 3.01.